The molecule has 5 N–H and O–H groups in total. The zero-order chi connectivity index (χ0) is 25.0. The number of fused-ring (bicyclic) bond motifs is 2. The summed E-state index contributed by atoms with van der Waals surface area (Å²) in [6.45, 7) is 8.46. The third-order valence-corrected chi connectivity index (χ3v) is 6.87. The largest absolute Gasteiger partial charge is 0.461 e. The van der Waals surface area contributed by atoms with Gasteiger partial charge in [-0.25, -0.2) is 14.8 Å². The van der Waals surface area contributed by atoms with Gasteiger partial charge in [-0.1, -0.05) is 27.2 Å². The number of aliphatic hydroxyl groups is 1. The second kappa shape index (κ2) is 10.7. The maximum absolute atomic E-state index is 12.7. The summed E-state index contributed by atoms with van der Waals surface area (Å²) in [5.74, 6) is 1.35. The van der Waals surface area contributed by atoms with Crippen LogP contribution in [0.2, 0.25) is 0 Å². The van der Waals surface area contributed by atoms with E-state index in [2.05, 4.69) is 28.8 Å². The molecule has 9 heteroatoms. The Morgan fingerprint density at radius 1 is 1.32 bits per heavy atom. The van der Waals surface area contributed by atoms with Gasteiger partial charge in [0.2, 0.25) is 5.95 Å². The van der Waals surface area contributed by atoms with Crippen molar-refractivity contribution in [1.29, 1.82) is 0 Å². The molecule has 2 aliphatic carbocycles. The van der Waals surface area contributed by atoms with Gasteiger partial charge in [0.25, 0.3) is 0 Å². The Balaban J connectivity index is 1.96. The van der Waals surface area contributed by atoms with Crippen molar-refractivity contribution in [2.24, 2.45) is 34.2 Å². The number of unbranched alkanes of at least 4 members (excludes halogenated alkanes) is 1. The lowest BCUT2D eigenvalue weighted by Gasteiger charge is -2.53. The number of hydrogen-bond acceptors (Lipinski definition) is 8. The molecule has 2 aliphatic rings. The average molecular weight is 473 g/mol. The molecule has 2 saturated carbocycles. The quantitative estimate of drug-likeness (QED) is 0.227. The number of aliphatic imine (C=N–C) groups is 1. The molecule has 0 aliphatic heterocycles. The summed E-state index contributed by atoms with van der Waals surface area (Å²) in [6.07, 6.45) is 6.65. The van der Waals surface area contributed by atoms with Crippen LogP contribution >= 0.6 is 0 Å². The van der Waals surface area contributed by atoms with Gasteiger partial charge in [0, 0.05) is 24.9 Å². The molecule has 34 heavy (non-hydrogen) atoms. The maximum Gasteiger partial charge on any atom is 0.357 e. The number of rotatable bonds is 8. The number of amidine groups is 1. The first-order valence-electron chi connectivity index (χ1n) is 12.3. The fourth-order valence-corrected chi connectivity index (χ4v) is 5.87. The summed E-state index contributed by atoms with van der Waals surface area (Å²) < 4.78 is 5.39. The van der Waals surface area contributed by atoms with Crippen molar-refractivity contribution in [3.63, 3.8) is 0 Å². The van der Waals surface area contributed by atoms with Crippen LogP contribution in [0.15, 0.2) is 22.8 Å². The predicted octanol–water partition coefficient (Wildman–Crippen LogP) is 3.30. The lowest BCUT2D eigenvalue weighted by Crippen LogP contribution is -2.56. The molecule has 0 saturated heterocycles. The second-order valence-electron chi connectivity index (χ2n) is 10.3. The van der Waals surface area contributed by atoms with Gasteiger partial charge in [-0.05, 0) is 62.9 Å². The molecule has 0 aromatic carbocycles. The summed E-state index contributed by atoms with van der Waals surface area (Å²) >= 11 is 0. The highest BCUT2D eigenvalue weighted by molar-refractivity contribution is 5.94. The number of anilines is 1. The number of carbonyl (C=O) groups is 1. The van der Waals surface area contributed by atoms with Gasteiger partial charge < -0.3 is 26.2 Å². The van der Waals surface area contributed by atoms with Gasteiger partial charge in [-0.3, -0.25) is 0 Å². The van der Waals surface area contributed by atoms with E-state index < -0.39 is 11.6 Å². The number of nitrogens with two attached hydrogens (primary N) is 2. The fraction of sp³-hybridized carbons (Fsp3) is 0.680. The van der Waals surface area contributed by atoms with Crippen LogP contribution in [-0.2, 0) is 4.74 Å². The molecule has 1 heterocycles. The SMILES string of the molecule is CCCCOC(=O)c1cc(N=C(N)/C=C(/C)N)nc(N(C)C2C(C)CC3(O)CC(C)CC2C3)n1. The van der Waals surface area contributed by atoms with E-state index in [4.69, 9.17) is 16.2 Å². The Hall–Kier alpha value is -2.68. The number of nitrogens with zero attached hydrogens (tertiary/aromatic N) is 4. The minimum atomic E-state index is -0.596. The lowest BCUT2D eigenvalue weighted by molar-refractivity contribution is -0.0881. The predicted molar refractivity (Wildman–Crippen MR) is 134 cm³/mol. The Labute approximate surface area is 202 Å². The highest BCUT2D eigenvalue weighted by Gasteiger charge is 2.49. The number of allylic oxidation sites excluding steroid dienone is 1. The molecule has 2 fully saturated rings. The average Bonchev–Trinajstić information content (AvgIpc) is 2.71. The monoisotopic (exact) mass is 472 g/mol. The van der Waals surface area contributed by atoms with Crippen LogP contribution in [-0.4, -0.2) is 52.2 Å². The summed E-state index contributed by atoms with van der Waals surface area (Å²) in [6, 6.07) is 1.62. The molecule has 5 atom stereocenters. The Morgan fingerprint density at radius 3 is 2.74 bits per heavy atom. The van der Waals surface area contributed by atoms with E-state index in [1.165, 1.54) is 12.1 Å². The number of esters is 1. The molecular formula is C25H40N6O3. The van der Waals surface area contributed by atoms with E-state index in [1.807, 2.05) is 18.9 Å². The van der Waals surface area contributed by atoms with Crippen molar-refractivity contribution in [2.75, 3.05) is 18.6 Å². The normalized spacial score (nSPS) is 29.6. The zero-order valence-electron chi connectivity index (χ0n) is 21.1. The van der Waals surface area contributed by atoms with Crippen molar-refractivity contribution < 1.29 is 14.6 Å². The van der Waals surface area contributed by atoms with Gasteiger partial charge in [0.05, 0.1) is 12.2 Å². The van der Waals surface area contributed by atoms with E-state index in [0.717, 1.165) is 38.5 Å². The lowest BCUT2D eigenvalue weighted by atomic mass is 9.60. The first-order chi connectivity index (χ1) is 16.0. The molecule has 2 bridgehead atoms. The van der Waals surface area contributed by atoms with E-state index in [-0.39, 0.29) is 29.3 Å². The molecule has 0 radical (unpaired) electrons. The first-order valence-corrected chi connectivity index (χ1v) is 12.3. The summed E-state index contributed by atoms with van der Waals surface area (Å²) in [5.41, 5.74) is 11.8. The van der Waals surface area contributed by atoms with Crippen LogP contribution in [0, 0.1) is 17.8 Å². The highest BCUT2D eigenvalue weighted by atomic mass is 16.5. The molecule has 0 spiro atoms. The van der Waals surface area contributed by atoms with E-state index in [9.17, 15) is 9.90 Å². The van der Waals surface area contributed by atoms with Crippen LogP contribution in [0.5, 0.6) is 0 Å². The Bertz CT molecular complexity index is 941. The van der Waals surface area contributed by atoms with Crippen LogP contribution in [0.3, 0.4) is 0 Å². The van der Waals surface area contributed by atoms with Gasteiger partial charge in [-0.2, -0.15) is 4.98 Å². The molecule has 3 rings (SSSR count). The van der Waals surface area contributed by atoms with E-state index in [0.29, 0.717) is 30.1 Å². The summed E-state index contributed by atoms with van der Waals surface area (Å²) in [5, 5.41) is 11.1. The molecule has 1 aromatic heterocycles. The van der Waals surface area contributed by atoms with E-state index in [1.54, 1.807) is 6.92 Å². The number of carbonyl (C=O) groups excluding carboxylic acids is 1. The van der Waals surface area contributed by atoms with Crippen molar-refractivity contribution in [2.45, 2.75) is 77.9 Å². The molecule has 188 valence electrons. The molecule has 0 amide bonds. The maximum atomic E-state index is 12.7. The first kappa shape index (κ1) is 25.9. The summed E-state index contributed by atoms with van der Waals surface area (Å²) in [4.78, 5) is 28.3. The van der Waals surface area contributed by atoms with Crippen LogP contribution in [0.25, 0.3) is 0 Å². The van der Waals surface area contributed by atoms with Crippen LogP contribution in [0.4, 0.5) is 11.8 Å². The smallest absolute Gasteiger partial charge is 0.357 e. The number of aromatic nitrogens is 2. The molecular weight excluding hydrogens is 432 g/mol. The standard InChI is InChI=1S/C25H40N6O3/c1-6-7-8-34-23(32)19-11-21(29-20(27)10-17(4)26)30-24(28-19)31(5)22-16(3)13-25(33)12-15(2)9-18(22)14-25/h10-11,15-16,18,22,33H,6-9,12-14,26H2,1-5H3,(H2,27,28,29,30)/b17-10-. The minimum absolute atomic E-state index is 0.134. The highest BCUT2D eigenvalue weighted by Crippen LogP contribution is 2.49. The molecule has 1 aromatic rings. The van der Waals surface area contributed by atoms with Crippen molar-refractivity contribution in [1.82, 2.24) is 9.97 Å². The number of ether oxygens (including phenoxy) is 1. The number of hydrogen-bond donors (Lipinski definition) is 3. The minimum Gasteiger partial charge on any atom is -0.461 e. The van der Waals surface area contributed by atoms with Gasteiger partial charge >= 0.3 is 5.97 Å². The van der Waals surface area contributed by atoms with Gasteiger partial charge in [0.1, 0.15) is 5.84 Å². The summed E-state index contributed by atoms with van der Waals surface area (Å²) in [7, 11) is 1.95. The Kier molecular flexibility index (Phi) is 8.17. The Morgan fingerprint density at radius 2 is 2.06 bits per heavy atom. The van der Waals surface area contributed by atoms with Crippen LogP contribution < -0.4 is 16.4 Å². The zero-order valence-corrected chi connectivity index (χ0v) is 21.1. The third kappa shape index (κ3) is 6.25. The van der Waals surface area contributed by atoms with E-state index >= 15 is 0 Å². The van der Waals surface area contributed by atoms with Gasteiger partial charge in [0.15, 0.2) is 11.5 Å². The third-order valence-electron chi connectivity index (χ3n) is 6.87. The molecule has 9 nitrogen and oxygen atoms in total. The fourth-order valence-electron chi connectivity index (χ4n) is 5.87. The van der Waals surface area contributed by atoms with Crippen molar-refractivity contribution in [3.05, 3.63) is 23.5 Å². The van der Waals surface area contributed by atoms with Crippen molar-refractivity contribution in [3.8, 4) is 0 Å². The van der Waals surface area contributed by atoms with Gasteiger partial charge in [-0.15, -0.1) is 0 Å². The van der Waals surface area contributed by atoms with Crippen molar-refractivity contribution >= 4 is 23.6 Å². The molecule has 5 unspecified atom stereocenters. The van der Waals surface area contributed by atoms with Crippen LogP contribution in [0.1, 0.15) is 76.7 Å². The second-order valence-corrected chi connectivity index (χ2v) is 10.3. The topological polar surface area (TPSA) is 140 Å².